The Kier molecular flexibility index (Phi) is 4.00. The molecule has 5 heteroatoms. The Hall–Kier alpha value is -3.05. The Morgan fingerprint density at radius 2 is 1.71 bits per heavy atom. The van der Waals surface area contributed by atoms with E-state index in [0.29, 0.717) is 0 Å². The Balaban J connectivity index is 1.80. The molecule has 0 spiro atoms. The first-order chi connectivity index (χ1) is 11.9. The third-order valence-corrected chi connectivity index (χ3v) is 4.22. The van der Waals surface area contributed by atoms with Crippen molar-refractivity contribution in [2.45, 2.75) is 0 Å². The lowest BCUT2D eigenvalue weighted by molar-refractivity contribution is 0.884. The third-order valence-electron chi connectivity index (χ3n) is 3.54. The maximum atomic E-state index is 4.76. The summed E-state index contributed by atoms with van der Waals surface area (Å²) in [5.41, 5.74) is 3.94. The second-order valence-electron chi connectivity index (χ2n) is 5.15. The molecular weight excluding hydrogens is 316 g/mol. The highest BCUT2D eigenvalue weighted by Gasteiger charge is 2.10. The van der Waals surface area contributed by atoms with Gasteiger partial charge in [0.1, 0.15) is 5.69 Å². The lowest BCUT2D eigenvalue weighted by Gasteiger charge is -2.00. The number of para-hydroxylation sites is 1. The summed E-state index contributed by atoms with van der Waals surface area (Å²) in [6.07, 6.45) is 5.57. The summed E-state index contributed by atoms with van der Waals surface area (Å²) < 4.78 is 1.88. The molecule has 0 saturated heterocycles. The molecule has 0 amide bonds. The van der Waals surface area contributed by atoms with E-state index in [2.05, 4.69) is 22.1 Å². The van der Waals surface area contributed by atoms with Crippen molar-refractivity contribution in [1.82, 2.24) is 14.8 Å². The average molecular weight is 330 g/mol. The van der Waals surface area contributed by atoms with Crippen LogP contribution in [0.2, 0.25) is 0 Å². The van der Waals surface area contributed by atoms with Gasteiger partial charge in [-0.3, -0.25) is 0 Å². The molecule has 4 nitrogen and oxygen atoms in total. The highest BCUT2D eigenvalue weighted by Crippen LogP contribution is 2.23. The molecule has 2 aromatic heterocycles. The summed E-state index contributed by atoms with van der Waals surface area (Å²) in [6.45, 7) is 0. The Bertz CT molecular complexity index is 942. The Morgan fingerprint density at radius 1 is 0.958 bits per heavy atom. The average Bonchev–Trinajstić information content (AvgIpc) is 3.31. The van der Waals surface area contributed by atoms with Gasteiger partial charge < -0.3 is 0 Å². The number of thiazole rings is 1. The standard InChI is InChI=1S/C19H14N4S/c1-3-7-15(8-4-1)18-16(13-21-19-20-11-12-24-19)14-23(22-18)17-9-5-2-6-10-17/h1-14H/b21-13+. The van der Waals surface area contributed by atoms with E-state index in [1.807, 2.05) is 71.0 Å². The molecule has 2 heterocycles. The normalized spacial score (nSPS) is 11.2. The van der Waals surface area contributed by atoms with Crippen LogP contribution < -0.4 is 0 Å². The van der Waals surface area contributed by atoms with Crippen molar-refractivity contribution in [2.24, 2.45) is 4.99 Å². The number of rotatable bonds is 4. The summed E-state index contributed by atoms with van der Waals surface area (Å²) in [6, 6.07) is 20.2. The Morgan fingerprint density at radius 3 is 2.42 bits per heavy atom. The van der Waals surface area contributed by atoms with Crippen LogP contribution in [0.5, 0.6) is 0 Å². The van der Waals surface area contributed by atoms with Crippen LogP contribution in [0.25, 0.3) is 16.9 Å². The van der Waals surface area contributed by atoms with E-state index in [1.54, 1.807) is 6.20 Å². The maximum Gasteiger partial charge on any atom is 0.209 e. The van der Waals surface area contributed by atoms with Crippen LogP contribution in [0.1, 0.15) is 5.56 Å². The minimum Gasteiger partial charge on any atom is -0.240 e. The van der Waals surface area contributed by atoms with E-state index in [0.717, 1.165) is 27.6 Å². The summed E-state index contributed by atoms with van der Waals surface area (Å²) in [7, 11) is 0. The summed E-state index contributed by atoms with van der Waals surface area (Å²) in [5.74, 6) is 0. The molecule has 24 heavy (non-hydrogen) atoms. The zero-order valence-electron chi connectivity index (χ0n) is 12.8. The van der Waals surface area contributed by atoms with Gasteiger partial charge in [0, 0.05) is 35.1 Å². The topological polar surface area (TPSA) is 43.1 Å². The number of nitrogens with zero attached hydrogens (tertiary/aromatic N) is 4. The largest absolute Gasteiger partial charge is 0.240 e. The van der Waals surface area contributed by atoms with Crippen molar-refractivity contribution in [3.05, 3.63) is 84.0 Å². The molecule has 0 unspecified atom stereocenters. The van der Waals surface area contributed by atoms with Crippen molar-refractivity contribution in [3.8, 4) is 16.9 Å². The van der Waals surface area contributed by atoms with Crippen molar-refractivity contribution < 1.29 is 0 Å². The molecule has 4 aromatic rings. The summed E-state index contributed by atoms with van der Waals surface area (Å²) >= 11 is 1.51. The first-order valence-corrected chi connectivity index (χ1v) is 8.42. The van der Waals surface area contributed by atoms with Crippen LogP contribution in [-0.2, 0) is 0 Å². The van der Waals surface area contributed by atoms with E-state index < -0.39 is 0 Å². The number of aromatic nitrogens is 3. The van der Waals surface area contributed by atoms with Gasteiger partial charge in [0.25, 0.3) is 0 Å². The summed E-state index contributed by atoms with van der Waals surface area (Å²) in [4.78, 5) is 8.65. The van der Waals surface area contributed by atoms with E-state index in [4.69, 9.17) is 5.10 Å². The van der Waals surface area contributed by atoms with Crippen molar-refractivity contribution >= 4 is 22.7 Å². The number of benzene rings is 2. The first kappa shape index (κ1) is 14.5. The fraction of sp³-hybridized carbons (Fsp3) is 0. The summed E-state index contributed by atoms with van der Waals surface area (Å²) in [5, 5.41) is 7.41. The molecule has 0 bridgehead atoms. The predicted molar refractivity (Wildman–Crippen MR) is 98.4 cm³/mol. The highest BCUT2D eigenvalue weighted by atomic mass is 32.1. The second kappa shape index (κ2) is 6.60. The fourth-order valence-electron chi connectivity index (χ4n) is 2.42. The SMILES string of the molecule is C(=N\c1nccs1)/c1cn(-c2ccccc2)nc1-c1ccccc1. The molecular formula is C19H14N4S. The molecule has 0 fully saturated rings. The van der Waals surface area contributed by atoms with Crippen molar-refractivity contribution in [1.29, 1.82) is 0 Å². The van der Waals surface area contributed by atoms with Gasteiger partial charge in [-0.25, -0.2) is 14.7 Å². The molecule has 0 aliphatic heterocycles. The van der Waals surface area contributed by atoms with E-state index in [1.165, 1.54) is 11.3 Å². The minimum atomic E-state index is 0.737. The second-order valence-corrected chi connectivity index (χ2v) is 6.03. The van der Waals surface area contributed by atoms with Gasteiger partial charge in [0.2, 0.25) is 5.13 Å². The molecule has 116 valence electrons. The van der Waals surface area contributed by atoms with Gasteiger partial charge in [-0.1, -0.05) is 48.5 Å². The van der Waals surface area contributed by atoms with E-state index in [-0.39, 0.29) is 0 Å². The van der Waals surface area contributed by atoms with Gasteiger partial charge in [-0.2, -0.15) is 5.10 Å². The van der Waals surface area contributed by atoms with E-state index in [9.17, 15) is 0 Å². The number of hydrogen-bond donors (Lipinski definition) is 0. The highest BCUT2D eigenvalue weighted by molar-refractivity contribution is 7.13. The van der Waals surface area contributed by atoms with Crippen molar-refractivity contribution in [2.75, 3.05) is 0 Å². The zero-order valence-corrected chi connectivity index (χ0v) is 13.6. The molecule has 0 atom stereocenters. The van der Waals surface area contributed by atoms with Gasteiger partial charge in [-0.15, -0.1) is 11.3 Å². The van der Waals surface area contributed by atoms with Gasteiger partial charge in [-0.05, 0) is 12.1 Å². The monoisotopic (exact) mass is 330 g/mol. The molecule has 0 aliphatic carbocycles. The number of hydrogen-bond acceptors (Lipinski definition) is 4. The van der Waals surface area contributed by atoms with Crippen molar-refractivity contribution in [3.63, 3.8) is 0 Å². The van der Waals surface area contributed by atoms with Crippen LogP contribution in [0.15, 0.2) is 83.4 Å². The zero-order chi connectivity index (χ0) is 16.2. The van der Waals surface area contributed by atoms with Crippen LogP contribution >= 0.6 is 11.3 Å². The molecule has 4 rings (SSSR count). The van der Waals surface area contributed by atoms with E-state index >= 15 is 0 Å². The number of aliphatic imine (C=N–C) groups is 1. The van der Waals surface area contributed by atoms with Crippen LogP contribution in [0.3, 0.4) is 0 Å². The Labute approximate surface area is 143 Å². The predicted octanol–water partition coefficient (Wildman–Crippen LogP) is 4.75. The van der Waals surface area contributed by atoms with Gasteiger partial charge in [0.05, 0.1) is 5.69 Å². The smallest absolute Gasteiger partial charge is 0.209 e. The lowest BCUT2D eigenvalue weighted by atomic mass is 10.1. The fourth-order valence-corrected chi connectivity index (χ4v) is 2.90. The molecule has 0 radical (unpaired) electrons. The maximum absolute atomic E-state index is 4.76. The lowest BCUT2D eigenvalue weighted by Crippen LogP contribution is -1.93. The molecule has 0 saturated carbocycles. The van der Waals surface area contributed by atoms with Crippen LogP contribution in [-0.4, -0.2) is 21.0 Å². The molecule has 0 N–H and O–H groups in total. The first-order valence-electron chi connectivity index (χ1n) is 7.54. The third kappa shape index (κ3) is 3.02. The minimum absolute atomic E-state index is 0.737. The van der Waals surface area contributed by atoms with Gasteiger partial charge >= 0.3 is 0 Å². The van der Waals surface area contributed by atoms with Crippen LogP contribution in [0, 0.1) is 0 Å². The van der Waals surface area contributed by atoms with Gasteiger partial charge in [0.15, 0.2) is 0 Å². The molecule has 0 aliphatic rings. The quantitative estimate of drug-likeness (QED) is 0.507. The van der Waals surface area contributed by atoms with Crippen LogP contribution in [0.4, 0.5) is 5.13 Å². The molecule has 2 aromatic carbocycles.